The van der Waals surface area contributed by atoms with Gasteiger partial charge in [-0.1, -0.05) is 37.3 Å². The highest BCUT2D eigenvalue weighted by atomic mass is 32.2. The molecule has 0 bridgehead atoms. The number of rotatable bonds is 4. The minimum atomic E-state index is -3.09. The molecule has 6 nitrogen and oxygen atoms in total. The number of nitrogens with one attached hydrogen (secondary N) is 1. The second kappa shape index (κ2) is 6.49. The number of urea groups is 1. The van der Waals surface area contributed by atoms with Crippen LogP contribution in [0.4, 0.5) is 4.79 Å². The van der Waals surface area contributed by atoms with Crippen molar-refractivity contribution >= 4 is 16.1 Å². The average Bonchev–Trinajstić information content (AvgIpc) is 2.84. The van der Waals surface area contributed by atoms with Crippen LogP contribution >= 0.6 is 0 Å². The van der Waals surface area contributed by atoms with E-state index in [4.69, 9.17) is 0 Å². The van der Waals surface area contributed by atoms with Gasteiger partial charge in [-0.05, 0) is 17.9 Å². The maximum absolute atomic E-state index is 12.3. The Morgan fingerprint density at radius 2 is 2.04 bits per heavy atom. The molecule has 2 aliphatic heterocycles. The van der Waals surface area contributed by atoms with E-state index in [9.17, 15) is 13.2 Å². The lowest BCUT2D eigenvalue weighted by molar-refractivity contribution is 0.0592. The summed E-state index contributed by atoms with van der Waals surface area (Å²) in [5.41, 5.74) is 1.14. The maximum atomic E-state index is 12.3. The van der Waals surface area contributed by atoms with Crippen LogP contribution < -0.4 is 5.32 Å². The fourth-order valence-electron chi connectivity index (χ4n) is 3.39. The standard InChI is InChI=1S/C16H23N3O3S/c1-13-12-19(15(13)14-6-3-2-4-7-14)16(20)17-8-10-18-9-5-11-23(18,21)22/h2-4,6-7,13,15H,5,8-12H2,1H3,(H,17,20)/t13-,15-/m1/s1. The zero-order valence-electron chi connectivity index (χ0n) is 13.3. The number of hydrogen-bond donors (Lipinski definition) is 1. The van der Waals surface area contributed by atoms with Gasteiger partial charge < -0.3 is 10.2 Å². The summed E-state index contributed by atoms with van der Waals surface area (Å²) in [6.07, 6.45) is 0.677. The highest BCUT2D eigenvalue weighted by molar-refractivity contribution is 7.89. The summed E-state index contributed by atoms with van der Waals surface area (Å²) in [5.74, 6) is 0.655. The average molecular weight is 337 g/mol. The zero-order chi connectivity index (χ0) is 16.4. The molecule has 0 aliphatic carbocycles. The van der Waals surface area contributed by atoms with Crippen molar-refractivity contribution in [2.45, 2.75) is 19.4 Å². The lowest BCUT2D eigenvalue weighted by atomic mass is 9.85. The molecule has 2 fully saturated rings. The Hall–Kier alpha value is -1.60. The Bertz CT molecular complexity index is 662. The smallest absolute Gasteiger partial charge is 0.317 e. The fraction of sp³-hybridized carbons (Fsp3) is 0.562. The van der Waals surface area contributed by atoms with Crippen LogP contribution in [0.1, 0.15) is 24.9 Å². The van der Waals surface area contributed by atoms with E-state index in [1.54, 1.807) is 0 Å². The van der Waals surface area contributed by atoms with E-state index in [0.29, 0.717) is 32.0 Å². The second-order valence-electron chi connectivity index (χ2n) is 6.29. The minimum Gasteiger partial charge on any atom is -0.337 e. The molecule has 7 heteroatoms. The van der Waals surface area contributed by atoms with Gasteiger partial charge in [-0.3, -0.25) is 0 Å². The Morgan fingerprint density at radius 1 is 1.30 bits per heavy atom. The molecule has 0 radical (unpaired) electrons. The largest absolute Gasteiger partial charge is 0.337 e. The van der Waals surface area contributed by atoms with Gasteiger partial charge in [0.05, 0.1) is 11.8 Å². The Kier molecular flexibility index (Phi) is 4.59. The van der Waals surface area contributed by atoms with Crippen molar-refractivity contribution in [1.29, 1.82) is 0 Å². The first kappa shape index (κ1) is 16.3. The van der Waals surface area contributed by atoms with Gasteiger partial charge in [0, 0.05) is 26.2 Å². The lowest BCUT2D eigenvalue weighted by Gasteiger charge is -2.46. The van der Waals surface area contributed by atoms with Crippen LogP contribution in [0.3, 0.4) is 0 Å². The predicted octanol–water partition coefficient (Wildman–Crippen LogP) is 1.42. The van der Waals surface area contributed by atoms with Crippen LogP contribution in [0, 0.1) is 5.92 Å². The third kappa shape index (κ3) is 3.35. The fourth-order valence-corrected chi connectivity index (χ4v) is 4.92. The van der Waals surface area contributed by atoms with E-state index >= 15 is 0 Å². The lowest BCUT2D eigenvalue weighted by Crippen LogP contribution is -2.55. The van der Waals surface area contributed by atoms with Gasteiger partial charge >= 0.3 is 6.03 Å². The van der Waals surface area contributed by atoms with Crippen LogP contribution in [0.5, 0.6) is 0 Å². The van der Waals surface area contributed by atoms with Gasteiger partial charge in [0.15, 0.2) is 0 Å². The van der Waals surface area contributed by atoms with Gasteiger partial charge in [0.1, 0.15) is 0 Å². The Labute approximate surface area is 137 Å². The van der Waals surface area contributed by atoms with Gasteiger partial charge in [0.2, 0.25) is 10.0 Å². The first-order valence-corrected chi connectivity index (χ1v) is 9.67. The molecule has 0 spiro atoms. The van der Waals surface area contributed by atoms with Crippen molar-refractivity contribution in [1.82, 2.24) is 14.5 Å². The first-order valence-electron chi connectivity index (χ1n) is 8.06. The van der Waals surface area contributed by atoms with Crippen molar-refractivity contribution in [3.8, 4) is 0 Å². The Morgan fingerprint density at radius 3 is 2.65 bits per heavy atom. The van der Waals surface area contributed by atoms with Crippen molar-refractivity contribution in [2.75, 3.05) is 31.9 Å². The number of hydrogen-bond acceptors (Lipinski definition) is 3. The molecule has 1 aromatic rings. The third-order valence-electron chi connectivity index (χ3n) is 4.60. The molecule has 0 saturated carbocycles. The molecule has 0 unspecified atom stereocenters. The summed E-state index contributed by atoms with van der Waals surface area (Å²) in [6, 6.07) is 9.99. The molecule has 2 atom stereocenters. The molecule has 1 aromatic carbocycles. The maximum Gasteiger partial charge on any atom is 0.317 e. The monoisotopic (exact) mass is 337 g/mol. The van der Waals surface area contributed by atoms with Crippen LogP contribution in [-0.2, 0) is 10.0 Å². The number of benzene rings is 1. The van der Waals surface area contributed by atoms with Crippen LogP contribution in [0.2, 0.25) is 0 Å². The molecule has 1 N–H and O–H groups in total. The Balaban J connectivity index is 1.53. The molecule has 3 rings (SSSR count). The topological polar surface area (TPSA) is 69.7 Å². The number of nitrogens with zero attached hydrogens (tertiary/aromatic N) is 2. The summed E-state index contributed by atoms with van der Waals surface area (Å²) in [4.78, 5) is 14.2. The quantitative estimate of drug-likeness (QED) is 0.903. The first-order chi connectivity index (χ1) is 11.0. The third-order valence-corrected chi connectivity index (χ3v) is 6.56. The highest BCUT2D eigenvalue weighted by Crippen LogP contribution is 2.38. The molecule has 2 amide bonds. The molecular formula is C16H23N3O3S. The van der Waals surface area contributed by atoms with Crippen molar-refractivity contribution in [3.63, 3.8) is 0 Å². The SMILES string of the molecule is C[C@@H]1CN(C(=O)NCCN2CCCS2(=O)=O)[C@H]1c1ccccc1. The number of likely N-dealkylation sites (tertiary alicyclic amines) is 1. The van der Waals surface area contributed by atoms with Crippen LogP contribution in [-0.4, -0.2) is 55.6 Å². The van der Waals surface area contributed by atoms with Gasteiger partial charge in [-0.15, -0.1) is 0 Å². The van der Waals surface area contributed by atoms with E-state index in [-0.39, 0.29) is 17.8 Å². The van der Waals surface area contributed by atoms with E-state index in [0.717, 1.165) is 12.1 Å². The van der Waals surface area contributed by atoms with Crippen LogP contribution in [0.25, 0.3) is 0 Å². The normalized spacial score (nSPS) is 26.7. The summed E-state index contributed by atoms with van der Waals surface area (Å²) < 4.78 is 24.9. The zero-order valence-corrected chi connectivity index (χ0v) is 14.1. The van der Waals surface area contributed by atoms with Gasteiger partial charge in [-0.25, -0.2) is 17.5 Å². The summed E-state index contributed by atoms with van der Waals surface area (Å²) in [6.45, 7) is 4.13. The van der Waals surface area contributed by atoms with Crippen molar-refractivity contribution < 1.29 is 13.2 Å². The molecule has 23 heavy (non-hydrogen) atoms. The highest BCUT2D eigenvalue weighted by Gasteiger charge is 2.39. The van der Waals surface area contributed by atoms with Gasteiger partial charge in [-0.2, -0.15) is 0 Å². The molecule has 2 aliphatic rings. The molecule has 126 valence electrons. The summed E-state index contributed by atoms with van der Waals surface area (Å²) >= 11 is 0. The molecular weight excluding hydrogens is 314 g/mol. The molecule has 2 saturated heterocycles. The van der Waals surface area contributed by atoms with Crippen molar-refractivity contribution in [3.05, 3.63) is 35.9 Å². The number of sulfonamides is 1. The van der Waals surface area contributed by atoms with Crippen molar-refractivity contribution in [2.24, 2.45) is 5.92 Å². The summed E-state index contributed by atoms with van der Waals surface area (Å²) in [7, 11) is -3.09. The van der Waals surface area contributed by atoms with E-state index in [1.165, 1.54) is 4.31 Å². The second-order valence-corrected chi connectivity index (χ2v) is 8.37. The number of carbonyl (C=O) groups is 1. The van der Waals surface area contributed by atoms with Crippen LogP contribution in [0.15, 0.2) is 30.3 Å². The molecule has 0 aromatic heterocycles. The van der Waals surface area contributed by atoms with Gasteiger partial charge in [0.25, 0.3) is 0 Å². The number of amides is 2. The van der Waals surface area contributed by atoms with E-state index in [1.807, 2.05) is 35.2 Å². The van der Waals surface area contributed by atoms with E-state index in [2.05, 4.69) is 12.2 Å². The minimum absolute atomic E-state index is 0.103. The summed E-state index contributed by atoms with van der Waals surface area (Å²) in [5, 5.41) is 2.85. The number of carbonyl (C=O) groups excluding carboxylic acids is 1. The van der Waals surface area contributed by atoms with E-state index < -0.39 is 10.0 Å². The predicted molar refractivity (Wildman–Crippen MR) is 88.4 cm³/mol. The molecule has 2 heterocycles.